The van der Waals surface area contributed by atoms with Gasteiger partial charge in [-0.15, -0.1) is 0 Å². The second-order valence-electron chi connectivity index (χ2n) is 7.90. The number of carbonyl (C=O) groups excluding carboxylic acids is 1. The van der Waals surface area contributed by atoms with Gasteiger partial charge in [-0.2, -0.15) is 0 Å². The van der Waals surface area contributed by atoms with E-state index in [1.165, 1.54) is 0 Å². The van der Waals surface area contributed by atoms with Gasteiger partial charge in [0, 0.05) is 11.1 Å². The van der Waals surface area contributed by atoms with Crippen molar-refractivity contribution in [2.45, 2.75) is 62.4 Å². The minimum atomic E-state index is -4.06. The lowest BCUT2D eigenvalue weighted by Crippen LogP contribution is -2.41. The largest absolute Gasteiger partial charge is 0.465 e. The summed E-state index contributed by atoms with van der Waals surface area (Å²) in [5.74, 6) is -0.843. The van der Waals surface area contributed by atoms with Gasteiger partial charge < -0.3 is 4.74 Å². The maximum Gasteiger partial charge on any atom is 0.337 e. The average Bonchev–Trinajstić information content (AvgIpc) is 2.40. The van der Waals surface area contributed by atoms with E-state index in [0.717, 1.165) is 25.3 Å². The minimum Gasteiger partial charge on any atom is -0.465 e. The molecule has 1 aromatic carbocycles. The molecule has 26 heavy (non-hydrogen) atoms. The smallest absolute Gasteiger partial charge is 0.337 e. The van der Waals surface area contributed by atoms with Gasteiger partial charge in [-0.1, -0.05) is 0 Å². The van der Waals surface area contributed by atoms with Gasteiger partial charge in [-0.25, -0.2) is 31.1 Å². The summed E-state index contributed by atoms with van der Waals surface area (Å²) in [6, 6.07) is 3.17. The van der Waals surface area contributed by atoms with Crippen molar-refractivity contribution in [1.82, 2.24) is 9.44 Å². The summed E-state index contributed by atoms with van der Waals surface area (Å²) >= 11 is 0. The molecule has 0 aromatic heterocycles. The van der Waals surface area contributed by atoms with E-state index in [1.807, 2.05) is 0 Å². The fraction of sp³-hybridized carbons (Fsp3) is 0.562. The van der Waals surface area contributed by atoms with Crippen LogP contribution in [0.15, 0.2) is 28.0 Å². The van der Waals surface area contributed by atoms with Crippen LogP contribution in [0.1, 0.15) is 51.9 Å². The molecule has 0 aliphatic heterocycles. The van der Waals surface area contributed by atoms with Gasteiger partial charge >= 0.3 is 5.97 Å². The van der Waals surface area contributed by atoms with Crippen LogP contribution < -0.4 is 9.44 Å². The van der Waals surface area contributed by atoms with E-state index in [2.05, 4.69) is 14.2 Å². The molecular formula is C16H26N2O6S2. The minimum absolute atomic E-state index is 0.182. The van der Waals surface area contributed by atoms with Crippen molar-refractivity contribution in [2.24, 2.45) is 0 Å². The van der Waals surface area contributed by atoms with E-state index in [-0.39, 0.29) is 15.4 Å². The number of nitrogens with one attached hydrogen (secondary N) is 2. The molecule has 0 unspecified atom stereocenters. The van der Waals surface area contributed by atoms with Crippen molar-refractivity contribution in [1.29, 1.82) is 0 Å². The number of hydrogen-bond acceptors (Lipinski definition) is 6. The zero-order chi connectivity index (χ0) is 20.6. The molecule has 0 amide bonds. The summed E-state index contributed by atoms with van der Waals surface area (Å²) in [5, 5.41) is 0. The third kappa shape index (κ3) is 6.35. The Morgan fingerprint density at radius 2 is 1.15 bits per heavy atom. The maximum absolute atomic E-state index is 12.6. The first-order valence-corrected chi connectivity index (χ1v) is 10.7. The Morgan fingerprint density at radius 1 is 0.808 bits per heavy atom. The van der Waals surface area contributed by atoms with Crippen LogP contribution >= 0.6 is 0 Å². The highest BCUT2D eigenvalue weighted by Gasteiger charge is 2.28. The highest BCUT2D eigenvalue weighted by atomic mass is 32.2. The monoisotopic (exact) mass is 406 g/mol. The molecule has 10 heteroatoms. The molecule has 0 saturated carbocycles. The van der Waals surface area contributed by atoms with Gasteiger partial charge in [-0.05, 0) is 59.7 Å². The van der Waals surface area contributed by atoms with E-state index in [4.69, 9.17) is 0 Å². The predicted octanol–water partition coefficient (Wildman–Crippen LogP) is 1.63. The van der Waals surface area contributed by atoms with E-state index in [0.29, 0.717) is 0 Å². The van der Waals surface area contributed by atoms with Gasteiger partial charge in [0.05, 0.1) is 22.5 Å². The molecule has 0 heterocycles. The molecule has 0 atom stereocenters. The number of carbonyl (C=O) groups is 1. The summed E-state index contributed by atoms with van der Waals surface area (Å²) in [4.78, 5) is 11.2. The number of ether oxygens (including phenoxy) is 1. The lowest BCUT2D eigenvalue weighted by atomic mass is 10.1. The summed E-state index contributed by atoms with van der Waals surface area (Å²) in [6.07, 6.45) is 0. The molecular weight excluding hydrogens is 380 g/mol. The van der Waals surface area contributed by atoms with Crippen LogP contribution in [-0.4, -0.2) is 41.0 Å². The fourth-order valence-electron chi connectivity index (χ4n) is 2.04. The second kappa shape index (κ2) is 7.26. The third-order valence-electron chi connectivity index (χ3n) is 2.80. The first-order chi connectivity index (χ1) is 11.5. The van der Waals surface area contributed by atoms with Crippen LogP contribution in [-0.2, 0) is 24.8 Å². The van der Waals surface area contributed by atoms with E-state index in [9.17, 15) is 21.6 Å². The van der Waals surface area contributed by atoms with Crippen molar-refractivity contribution in [2.75, 3.05) is 7.11 Å². The standard InChI is InChI=1S/C16H26N2O6S2/c1-15(2,3)17-25(20,21)12-8-11(14(19)24-7)9-13(10-12)26(22,23)18-16(4,5)6/h8-10,17-18H,1-7H3. The molecule has 1 rings (SSSR count). The molecule has 0 aliphatic carbocycles. The number of rotatable bonds is 5. The number of sulfonamides is 2. The van der Waals surface area contributed by atoms with Crippen LogP contribution in [0.25, 0.3) is 0 Å². The summed E-state index contributed by atoms with van der Waals surface area (Å²) in [5.41, 5.74) is -1.76. The molecule has 0 radical (unpaired) electrons. The Morgan fingerprint density at radius 3 is 1.42 bits per heavy atom. The topological polar surface area (TPSA) is 119 Å². The average molecular weight is 407 g/mol. The van der Waals surface area contributed by atoms with Crippen molar-refractivity contribution in [3.05, 3.63) is 23.8 Å². The number of methoxy groups -OCH3 is 1. The fourth-order valence-corrected chi connectivity index (χ4v) is 5.09. The number of esters is 1. The molecule has 1 aromatic rings. The van der Waals surface area contributed by atoms with Gasteiger partial charge in [-0.3, -0.25) is 0 Å². The van der Waals surface area contributed by atoms with E-state index in [1.54, 1.807) is 41.5 Å². The number of benzene rings is 1. The van der Waals surface area contributed by atoms with Crippen LogP contribution in [0.4, 0.5) is 0 Å². The summed E-state index contributed by atoms with van der Waals surface area (Å²) in [7, 11) is -6.99. The van der Waals surface area contributed by atoms with E-state index < -0.39 is 37.1 Å². The maximum atomic E-state index is 12.6. The Labute approximate surface area is 155 Å². The predicted molar refractivity (Wildman–Crippen MR) is 97.9 cm³/mol. The van der Waals surface area contributed by atoms with Gasteiger partial charge in [0.15, 0.2) is 0 Å². The zero-order valence-corrected chi connectivity index (χ0v) is 17.6. The molecule has 0 spiro atoms. The summed E-state index contributed by atoms with van der Waals surface area (Å²) < 4.78 is 59.8. The van der Waals surface area contributed by atoms with Crippen LogP contribution in [0.3, 0.4) is 0 Å². The van der Waals surface area contributed by atoms with Gasteiger partial charge in [0.2, 0.25) is 20.0 Å². The molecule has 0 fully saturated rings. The van der Waals surface area contributed by atoms with Gasteiger partial charge in [0.1, 0.15) is 0 Å². The van der Waals surface area contributed by atoms with Crippen molar-refractivity contribution < 1.29 is 26.4 Å². The lowest BCUT2D eigenvalue weighted by molar-refractivity contribution is 0.0600. The SMILES string of the molecule is COC(=O)c1cc(S(=O)(=O)NC(C)(C)C)cc(S(=O)(=O)NC(C)(C)C)c1. The van der Waals surface area contributed by atoms with Crippen molar-refractivity contribution in [3.63, 3.8) is 0 Å². The summed E-state index contributed by atoms with van der Waals surface area (Å²) in [6.45, 7) is 9.88. The first-order valence-electron chi connectivity index (χ1n) is 7.78. The quantitative estimate of drug-likeness (QED) is 0.718. The normalized spacial score (nSPS) is 13.5. The highest BCUT2D eigenvalue weighted by Crippen LogP contribution is 2.22. The molecule has 0 bridgehead atoms. The highest BCUT2D eigenvalue weighted by molar-refractivity contribution is 7.90. The van der Waals surface area contributed by atoms with E-state index >= 15 is 0 Å². The molecule has 0 saturated heterocycles. The zero-order valence-electron chi connectivity index (χ0n) is 16.0. The van der Waals surface area contributed by atoms with Crippen LogP contribution in [0.5, 0.6) is 0 Å². The lowest BCUT2D eigenvalue weighted by Gasteiger charge is -2.22. The molecule has 8 nitrogen and oxygen atoms in total. The van der Waals surface area contributed by atoms with Crippen molar-refractivity contribution >= 4 is 26.0 Å². The number of hydrogen-bond donors (Lipinski definition) is 2. The van der Waals surface area contributed by atoms with Crippen LogP contribution in [0.2, 0.25) is 0 Å². The van der Waals surface area contributed by atoms with Crippen LogP contribution in [0, 0.1) is 0 Å². The third-order valence-corrected chi connectivity index (χ3v) is 6.28. The first kappa shape index (κ1) is 22.6. The Kier molecular flexibility index (Phi) is 6.30. The molecule has 148 valence electrons. The van der Waals surface area contributed by atoms with Gasteiger partial charge in [0.25, 0.3) is 0 Å². The van der Waals surface area contributed by atoms with Crippen molar-refractivity contribution in [3.8, 4) is 0 Å². The Balaban J connectivity index is 3.63. The Bertz CT molecular complexity index is 827. The molecule has 0 aliphatic rings. The second-order valence-corrected chi connectivity index (χ2v) is 11.3. The molecule has 2 N–H and O–H groups in total. The Hall–Kier alpha value is -1.49.